The zero-order valence-electron chi connectivity index (χ0n) is 16.2. The molecule has 1 atom stereocenters. The fourth-order valence-electron chi connectivity index (χ4n) is 2.89. The summed E-state index contributed by atoms with van der Waals surface area (Å²) in [5.41, 5.74) is 2.54. The minimum atomic E-state index is -0.486. The lowest BCUT2D eigenvalue weighted by Crippen LogP contribution is -2.40. The van der Waals surface area contributed by atoms with Gasteiger partial charge in [-0.1, -0.05) is 49.2 Å². The van der Waals surface area contributed by atoms with Crippen LogP contribution in [-0.4, -0.2) is 26.9 Å². The summed E-state index contributed by atoms with van der Waals surface area (Å²) in [7, 11) is 0. The summed E-state index contributed by atoms with van der Waals surface area (Å²) in [4.78, 5) is 24.6. The number of H-pyrrole nitrogens is 1. The summed E-state index contributed by atoms with van der Waals surface area (Å²) in [5.74, 6) is 0.499. The molecule has 0 aliphatic rings. The van der Waals surface area contributed by atoms with Crippen LogP contribution in [0.4, 0.5) is 5.95 Å². The second-order valence-electron chi connectivity index (χ2n) is 7.17. The fraction of sp³-hybridized carbons (Fsp3) is 0.286. The van der Waals surface area contributed by atoms with Crippen molar-refractivity contribution in [2.45, 2.75) is 32.9 Å². The highest BCUT2D eigenvalue weighted by Gasteiger charge is 2.21. The molecule has 0 saturated carbocycles. The molecular formula is C21H23Cl2N5O. The van der Waals surface area contributed by atoms with Crippen molar-refractivity contribution in [2.24, 2.45) is 5.92 Å². The van der Waals surface area contributed by atoms with Crippen molar-refractivity contribution < 1.29 is 4.79 Å². The van der Waals surface area contributed by atoms with E-state index in [2.05, 4.69) is 39.4 Å². The van der Waals surface area contributed by atoms with Crippen molar-refractivity contribution in [1.29, 1.82) is 0 Å². The molecule has 1 amide bonds. The molecule has 0 aliphatic carbocycles. The van der Waals surface area contributed by atoms with Gasteiger partial charge >= 0.3 is 0 Å². The molecule has 0 fully saturated rings. The van der Waals surface area contributed by atoms with Gasteiger partial charge in [-0.15, -0.1) is 0 Å². The zero-order valence-corrected chi connectivity index (χ0v) is 17.8. The summed E-state index contributed by atoms with van der Waals surface area (Å²) in [6.07, 6.45) is 4.26. The van der Waals surface area contributed by atoms with E-state index in [0.717, 1.165) is 11.1 Å². The Hall–Kier alpha value is -2.57. The van der Waals surface area contributed by atoms with E-state index in [1.165, 1.54) is 0 Å². The number of nitrogens with one attached hydrogen (secondary N) is 3. The van der Waals surface area contributed by atoms with Crippen LogP contribution in [0.2, 0.25) is 10.2 Å². The third-order valence-electron chi connectivity index (χ3n) is 4.30. The molecule has 0 aliphatic heterocycles. The van der Waals surface area contributed by atoms with Gasteiger partial charge in [0.1, 0.15) is 11.2 Å². The number of rotatable bonds is 8. The van der Waals surface area contributed by atoms with E-state index in [-0.39, 0.29) is 5.91 Å². The van der Waals surface area contributed by atoms with Crippen LogP contribution < -0.4 is 10.6 Å². The molecule has 8 heteroatoms. The van der Waals surface area contributed by atoms with Gasteiger partial charge in [0.2, 0.25) is 11.9 Å². The fourth-order valence-corrected chi connectivity index (χ4v) is 3.20. The van der Waals surface area contributed by atoms with E-state index in [1.807, 2.05) is 30.6 Å². The number of anilines is 1. The minimum absolute atomic E-state index is 0.125. The van der Waals surface area contributed by atoms with E-state index in [4.69, 9.17) is 23.2 Å². The Labute approximate surface area is 180 Å². The predicted molar refractivity (Wildman–Crippen MR) is 117 cm³/mol. The number of hydrogen-bond donors (Lipinski definition) is 3. The molecule has 2 heterocycles. The quantitative estimate of drug-likeness (QED) is 0.441. The lowest BCUT2D eigenvalue weighted by atomic mass is 10.0. The van der Waals surface area contributed by atoms with Crippen molar-refractivity contribution in [2.75, 3.05) is 5.32 Å². The third-order valence-corrected chi connectivity index (χ3v) is 4.74. The van der Waals surface area contributed by atoms with E-state index < -0.39 is 6.04 Å². The first-order valence-corrected chi connectivity index (χ1v) is 10.1. The Bertz CT molecular complexity index is 942. The standard InChI is InChI=1S/C21H23Cl2N5O/c1-13(2)9-18(20(29)25-11-14-3-5-16(22)6-4-14)27-21-26-17(10-19(23)28-21)15-7-8-24-12-15/h3-8,10,12-13,18,24H,9,11H2,1-2H3,(H,25,29)(H,26,27,28)/t18-/m1/s1. The Kier molecular flexibility index (Phi) is 7.12. The molecule has 0 unspecified atom stereocenters. The molecular weight excluding hydrogens is 409 g/mol. The van der Waals surface area contributed by atoms with Gasteiger partial charge in [0, 0.05) is 35.6 Å². The molecule has 0 spiro atoms. The average Bonchev–Trinajstić information content (AvgIpc) is 3.21. The number of benzene rings is 1. The lowest BCUT2D eigenvalue weighted by Gasteiger charge is -2.20. The van der Waals surface area contributed by atoms with Crippen LogP contribution in [0.25, 0.3) is 11.3 Å². The number of nitrogens with zero attached hydrogens (tertiary/aromatic N) is 2. The smallest absolute Gasteiger partial charge is 0.242 e. The van der Waals surface area contributed by atoms with Gasteiger partial charge in [-0.25, -0.2) is 9.97 Å². The summed E-state index contributed by atoms with van der Waals surface area (Å²) in [6.45, 7) is 4.54. The summed E-state index contributed by atoms with van der Waals surface area (Å²) < 4.78 is 0. The molecule has 1 aromatic carbocycles. The third kappa shape index (κ3) is 6.21. The van der Waals surface area contributed by atoms with Crippen LogP contribution in [0.5, 0.6) is 0 Å². The molecule has 29 heavy (non-hydrogen) atoms. The van der Waals surface area contributed by atoms with E-state index in [1.54, 1.807) is 18.2 Å². The second-order valence-corrected chi connectivity index (χ2v) is 7.99. The van der Waals surface area contributed by atoms with Crippen LogP contribution in [-0.2, 0) is 11.3 Å². The Morgan fingerprint density at radius 2 is 1.90 bits per heavy atom. The lowest BCUT2D eigenvalue weighted by molar-refractivity contribution is -0.122. The summed E-state index contributed by atoms with van der Waals surface area (Å²) in [6, 6.07) is 10.5. The second kappa shape index (κ2) is 9.76. The van der Waals surface area contributed by atoms with Gasteiger partial charge in [0.05, 0.1) is 5.69 Å². The van der Waals surface area contributed by atoms with Gasteiger partial charge in [0.15, 0.2) is 0 Å². The number of hydrogen-bond acceptors (Lipinski definition) is 4. The first kappa shape index (κ1) is 21.1. The van der Waals surface area contributed by atoms with Gasteiger partial charge in [0.25, 0.3) is 0 Å². The Balaban J connectivity index is 1.73. The van der Waals surface area contributed by atoms with E-state index >= 15 is 0 Å². The Morgan fingerprint density at radius 1 is 1.14 bits per heavy atom. The van der Waals surface area contributed by atoms with Gasteiger partial charge < -0.3 is 15.6 Å². The average molecular weight is 432 g/mol. The van der Waals surface area contributed by atoms with Crippen LogP contribution in [0.15, 0.2) is 48.8 Å². The van der Waals surface area contributed by atoms with Gasteiger partial charge in [-0.3, -0.25) is 4.79 Å². The highest BCUT2D eigenvalue weighted by molar-refractivity contribution is 6.30. The van der Waals surface area contributed by atoms with Crippen molar-refractivity contribution in [1.82, 2.24) is 20.3 Å². The van der Waals surface area contributed by atoms with E-state index in [0.29, 0.717) is 40.7 Å². The van der Waals surface area contributed by atoms with Crippen molar-refractivity contribution in [3.63, 3.8) is 0 Å². The normalized spacial score (nSPS) is 12.0. The van der Waals surface area contributed by atoms with Crippen molar-refractivity contribution in [3.05, 3.63) is 64.5 Å². The molecule has 152 valence electrons. The monoisotopic (exact) mass is 431 g/mol. The van der Waals surface area contributed by atoms with Crippen LogP contribution in [0.1, 0.15) is 25.8 Å². The van der Waals surface area contributed by atoms with Crippen molar-refractivity contribution >= 4 is 35.1 Å². The number of aromatic amines is 1. The molecule has 0 bridgehead atoms. The largest absolute Gasteiger partial charge is 0.367 e. The first-order chi connectivity index (χ1) is 13.9. The number of carbonyl (C=O) groups excluding carboxylic acids is 1. The topological polar surface area (TPSA) is 82.7 Å². The molecule has 0 radical (unpaired) electrons. The van der Waals surface area contributed by atoms with Crippen molar-refractivity contribution in [3.8, 4) is 11.3 Å². The molecule has 3 rings (SSSR count). The maximum Gasteiger partial charge on any atom is 0.242 e. The molecule has 2 aromatic heterocycles. The summed E-state index contributed by atoms with van der Waals surface area (Å²) >= 11 is 12.1. The maximum atomic E-state index is 12.8. The molecule has 6 nitrogen and oxygen atoms in total. The highest BCUT2D eigenvalue weighted by atomic mass is 35.5. The summed E-state index contributed by atoms with van der Waals surface area (Å²) in [5, 5.41) is 7.08. The number of halogens is 2. The minimum Gasteiger partial charge on any atom is -0.367 e. The SMILES string of the molecule is CC(C)C[C@@H](Nc1nc(Cl)cc(-c2cc[nH]c2)n1)C(=O)NCc1ccc(Cl)cc1. The predicted octanol–water partition coefficient (Wildman–Crippen LogP) is 4.92. The maximum absolute atomic E-state index is 12.8. The first-order valence-electron chi connectivity index (χ1n) is 9.37. The van der Waals surface area contributed by atoms with Crippen LogP contribution >= 0.6 is 23.2 Å². The van der Waals surface area contributed by atoms with E-state index in [9.17, 15) is 4.79 Å². The number of aromatic nitrogens is 3. The van der Waals surface area contributed by atoms with Crippen LogP contribution in [0, 0.1) is 5.92 Å². The number of amides is 1. The van der Waals surface area contributed by atoms with Gasteiger partial charge in [-0.05, 0) is 36.1 Å². The van der Waals surface area contributed by atoms with Gasteiger partial charge in [-0.2, -0.15) is 0 Å². The number of carbonyl (C=O) groups is 1. The molecule has 3 N–H and O–H groups in total. The zero-order chi connectivity index (χ0) is 20.8. The highest BCUT2D eigenvalue weighted by Crippen LogP contribution is 2.22. The van der Waals surface area contributed by atoms with Crippen LogP contribution in [0.3, 0.4) is 0 Å². The molecule has 0 saturated heterocycles. The molecule has 3 aromatic rings. The Morgan fingerprint density at radius 3 is 2.55 bits per heavy atom.